The summed E-state index contributed by atoms with van der Waals surface area (Å²) in [4.78, 5) is 28.7. The Hall–Kier alpha value is -2.85. The van der Waals surface area contributed by atoms with Crippen LogP contribution in [-0.2, 0) is 9.47 Å². The number of aliphatic hydroxyl groups is 1. The van der Waals surface area contributed by atoms with Gasteiger partial charge in [0.05, 0.1) is 12.2 Å². The minimum atomic E-state index is -3.72. The average molecular weight is 367 g/mol. The molecule has 2 heterocycles. The molecule has 0 spiro atoms. The first kappa shape index (κ1) is 18.0. The Morgan fingerprint density at radius 3 is 2.69 bits per heavy atom. The number of esters is 1. The zero-order valence-electron chi connectivity index (χ0n) is 13.3. The molecule has 1 fully saturated rings. The smallest absolute Gasteiger partial charge is 0.346 e. The van der Waals surface area contributed by atoms with Gasteiger partial charge in [-0.15, -0.1) is 0 Å². The molecule has 0 unspecified atom stereocenters. The van der Waals surface area contributed by atoms with Crippen LogP contribution in [0.3, 0.4) is 0 Å². The van der Waals surface area contributed by atoms with Crippen molar-refractivity contribution in [2.24, 2.45) is 0 Å². The number of benzene rings is 1. The van der Waals surface area contributed by atoms with Crippen molar-refractivity contribution in [3.63, 3.8) is 0 Å². The summed E-state index contributed by atoms with van der Waals surface area (Å²) in [5.74, 6) is -5.04. The summed E-state index contributed by atoms with van der Waals surface area (Å²) in [6.45, 7) is -0.810. The minimum absolute atomic E-state index is 0.0775. The maximum absolute atomic E-state index is 14.9. The lowest BCUT2D eigenvalue weighted by Crippen LogP contribution is -2.42. The Bertz CT molecular complexity index is 858. The molecule has 10 heteroatoms. The molecule has 4 N–H and O–H groups in total. The summed E-state index contributed by atoms with van der Waals surface area (Å²) < 4.78 is 39.8. The summed E-state index contributed by atoms with van der Waals surface area (Å²) in [7, 11) is 0. The predicted molar refractivity (Wildman–Crippen MR) is 84.6 cm³/mol. The first-order valence-electron chi connectivity index (χ1n) is 7.59. The molecule has 1 aliphatic rings. The van der Waals surface area contributed by atoms with E-state index in [1.165, 1.54) is 12.1 Å². The summed E-state index contributed by atoms with van der Waals surface area (Å²) in [5.41, 5.74) is 4.57. The van der Waals surface area contributed by atoms with Gasteiger partial charge < -0.3 is 20.3 Å². The third-order valence-electron chi connectivity index (χ3n) is 3.96. The van der Waals surface area contributed by atoms with E-state index in [0.29, 0.717) is 0 Å². The van der Waals surface area contributed by atoms with Crippen molar-refractivity contribution < 1.29 is 28.2 Å². The van der Waals surface area contributed by atoms with Crippen LogP contribution < -0.4 is 11.4 Å². The Balaban J connectivity index is 1.90. The fraction of sp³-hybridized carbons (Fsp3) is 0.312. The quantitative estimate of drug-likeness (QED) is 0.677. The first-order chi connectivity index (χ1) is 12.3. The summed E-state index contributed by atoms with van der Waals surface area (Å²) in [5, 5.41) is 9.38. The van der Waals surface area contributed by atoms with Crippen molar-refractivity contribution >= 4 is 11.8 Å². The molecule has 3 atom stereocenters. The highest BCUT2D eigenvalue weighted by Gasteiger charge is 2.62. The highest BCUT2D eigenvalue weighted by molar-refractivity contribution is 5.89. The molecular formula is C16H15F2N3O5. The first-order valence-corrected chi connectivity index (χ1v) is 7.59. The molecule has 0 saturated carbocycles. The van der Waals surface area contributed by atoms with Crippen LogP contribution in [0.1, 0.15) is 22.0 Å². The van der Waals surface area contributed by atoms with Crippen molar-refractivity contribution in [1.82, 2.24) is 9.97 Å². The number of aliphatic hydroxyl groups excluding tert-OH is 1. The van der Waals surface area contributed by atoms with Crippen molar-refractivity contribution in [2.45, 2.75) is 24.2 Å². The van der Waals surface area contributed by atoms with Gasteiger partial charge in [0, 0.05) is 11.8 Å². The molecule has 8 nitrogen and oxygen atoms in total. The van der Waals surface area contributed by atoms with Gasteiger partial charge in [0.25, 0.3) is 0 Å². The molecule has 1 aromatic heterocycles. The molecular weight excluding hydrogens is 352 g/mol. The molecule has 26 heavy (non-hydrogen) atoms. The van der Waals surface area contributed by atoms with Crippen LogP contribution in [-0.4, -0.2) is 45.8 Å². The van der Waals surface area contributed by atoms with E-state index in [4.69, 9.17) is 15.2 Å². The lowest BCUT2D eigenvalue weighted by Gasteiger charge is -2.23. The molecule has 3 rings (SSSR count). The molecule has 0 amide bonds. The van der Waals surface area contributed by atoms with Crippen LogP contribution in [0.5, 0.6) is 0 Å². The van der Waals surface area contributed by atoms with E-state index >= 15 is 0 Å². The second-order valence-corrected chi connectivity index (χ2v) is 5.66. The van der Waals surface area contributed by atoms with E-state index in [2.05, 4.69) is 9.97 Å². The van der Waals surface area contributed by atoms with Crippen LogP contribution in [0.4, 0.5) is 14.6 Å². The molecule has 138 valence electrons. The van der Waals surface area contributed by atoms with Gasteiger partial charge in [-0.1, -0.05) is 18.2 Å². The Kier molecular flexibility index (Phi) is 4.70. The van der Waals surface area contributed by atoms with Gasteiger partial charge >= 0.3 is 17.6 Å². The number of nitrogen functional groups attached to an aromatic ring is 1. The number of ether oxygens (including phenoxy) is 2. The van der Waals surface area contributed by atoms with Crippen LogP contribution in [0.15, 0.2) is 41.3 Å². The van der Waals surface area contributed by atoms with E-state index in [1.807, 2.05) is 0 Å². The summed E-state index contributed by atoms with van der Waals surface area (Å²) >= 11 is 0. The number of nitrogens with one attached hydrogen (secondary N) is 1. The molecule has 0 aliphatic carbocycles. The van der Waals surface area contributed by atoms with Crippen LogP contribution >= 0.6 is 0 Å². The third-order valence-corrected chi connectivity index (χ3v) is 3.96. The Labute approximate surface area is 145 Å². The molecule has 0 radical (unpaired) electrons. The van der Waals surface area contributed by atoms with Crippen molar-refractivity contribution in [1.29, 1.82) is 0 Å². The maximum Gasteiger partial charge on any atom is 0.346 e. The number of H-pyrrole nitrogens is 1. The number of aromatic nitrogens is 2. The van der Waals surface area contributed by atoms with Crippen LogP contribution in [0, 0.1) is 0 Å². The number of hydrogen-bond acceptors (Lipinski definition) is 7. The van der Waals surface area contributed by atoms with Gasteiger partial charge in [0.15, 0.2) is 12.2 Å². The number of anilines is 1. The Morgan fingerprint density at radius 2 is 2.08 bits per heavy atom. The second kappa shape index (κ2) is 6.81. The molecule has 1 saturated heterocycles. The van der Waals surface area contributed by atoms with Crippen molar-refractivity contribution in [2.75, 3.05) is 12.3 Å². The zero-order valence-corrected chi connectivity index (χ0v) is 13.3. The highest BCUT2D eigenvalue weighted by Crippen LogP contribution is 2.47. The predicted octanol–water partition coefficient (Wildman–Crippen LogP) is 0.645. The lowest BCUT2D eigenvalue weighted by atomic mass is 10.0. The standard InChI is InChI=1S/C16H15F2N3O5/c17-16(18)11(9-6-20-15(24)21-13(9)19)25-10(7-22)12(16)26-14(23)8-4-2-1-3-5-8/h1-6,10-12,22H,7H2,(H3,19,20,21,24)/t10-,11-,12-/m1/s1. The van der Waals surface area contributed by atoms with Crippen LogP contribution in [0.2, 0.25) is 0 Å². The van der Waals surface area contributed by atoms with Crippen molar-refractivity contribution in [3.8, 4) is 0 Å². The number of alkyl halides is 2. The zero-order chi connectivity index (χ0) is 18.9. The highest BCUT2D eigenvalue weighted by atomic mass is 19.3. The number of hydrogen-bond donors (Lipinski definition) is 3. The topological polar surface area (TPSA) is 128 Å². The molecule has 0 bridgehead atoms. The summed E-state index contributed by atoms with van der Waals surface area (Å²) in [6.07, 6.45) is -4.61. The lowest BCUT2D eigenvalue weighted by molar-refractivity contribution is -0.117. The Morgan fingerprint density at radius 1 is 1.38 bits per heavy atom. The van der Waals surface area contributed by atoms with E-state index in [9.17, 15) is 23.5 Å². The van der Waals surface area contributed by atoms with E-state index in [0.717, 1.165) is 6.20 Å². The second-order valence-electron chi connectivity index (χ2n) is 5.66. The molecule has 2 aromatic rings. The SMILES string of the molecule is Nc1[nH]c(=O)ncc1[C@H]1O[C@H](CO)[C@@H](OC(=O)c2ccccc2)C1(F)F. The van der Waals surface area contributed by atoms with Gasteiger partial charge in [-0.2, -0.15) is 8.78 Å². The third kappa shape index (κ3) is 3.16. The minimum Gasteiger partial charge on any atom is -0.449 e. The number of rotatable bonds is 4. The normalized spacial score (nSPS) is 24.3. The molecule has 1 aliphatic heterocycles. The van der Waals surface area contributed by atoms with Gasteiger partial charge in [-0.05, 0) is 12.1 Å². The van der Waals surface area contributed by atoms with Crippen LogP contribution in [0.25, 0.3) is 0 Å². The van der Waals surface area contributed by atoms with Gasteiger partial charge in [-0.25, -0.2) is 14.6 Å². The molecule has 1 aromatic carbocycles. The fourth-order valence-corrected chi connectivity index (χ4v) is 2.69. The monoisotopic (exact) mass is 367 g/mol. The fourth-order valence-electron chi connectivity index (χ4n) is 2.69. The van der Waals surface area contributed by atoms with E-state index in [-0.39, 0.29) is 16.9 Å². The number of nitrogens with two attached hydrogens (primary N) is 1. The van der Waals surface area contributed by atoms with E-state index in [1.54, 1.807) is 18.2 Å². The van der Waals surface area contributed by atoms with Crippen molar-refractivity contribution in [3.05, 3.63) is 58.1 Å². The van der Waals surface area contributed by atoms with E-state index < -0.39 is 42.5 Å². The van der Waals surface area contributed by atoms with Gasteiger partial charge in [0.2, 0.25) is 0 Å². The number of carbonyl (C=O) groups is 1. The summed E-state index contributed by atoms with van der Waals surface area (Å²) in [6, 6.07) is 7.58. The maximum atomic E-state index is 14.9. The van der Waals surface area contributed by atoms with Gasteiger partial charge in [-0.3, -0.25) is 4.98 Å². The number of carbonyl (C=O) groups excluding carboxylic acids is 1. The largest absolute Gasteiger partial charge is 0.449 e. The van der Waals surface area contributed by atoms with Gasteiger partial charge in [0.1, 0.15) is 11.9 Å². The number of nitrogens with zero attached hydrogens (tertiary/aromatic N) is 1. The average Bonchev–Trinajstić information content (AvgIpc) is 2.86. The number of halogens is 2. The number of aromatic amines is 1.